The van der Waals surface area contributed by atoms with Crippen molar-refractivity contribution in [3.05, 3.63) is 29.8 Å². The molecule has 1 aliphatic rings. The molecular formula is C16H24N2O2. The highest BCUT2D eigenvalue weighted by Crippen LogP contribution is 2.21. The first-order valence-electron chi connectivity index (χ1n) is 7.32. The second kappa shape index (κ2) is 6.86. The number of anilines is 1. The fourth-order valence-corrected chi connectivity index (χ4v) is 2.49. The van der Waals surface area contributed by atoms with Gasteiger partial charge in [0.15, 0.2) is 0 Å². The highest BCUT2D eigenvalue weighted by atomic mass is 16.5. The molecule has 1 amide bonds. The number of benzene rings is 1. The van der Waals surface area contributed by atoms with Crippen LogP contribution >= 0.6 is 0 Å². The SMILES string of the molecule is CC(C)c1cccc(NC(=O)C(N)C2CCOCC2)c1. The molecule has 4 nitrogen and oxygen atoms in total. The predicted octanol–water partition coefficient (Wildman–Crippen LogP) is 2.50. The molecule has 3 N–H and O–H groups in total. The van der Waals surface area contributed by atoms with Crippen LogP contribution in [0.4, 0.5) is 5.69 Å². The Morgan fingerprint density at radius 2 is 2.05 bits per heavy atom. The second-order valence-corrected chi connectivity index (χ2v) is 5.74. The fourth-order valence-electron chi connectivity index (χ4n) is 2.49. The number of ether oxygens (including phenoxy) is 1. The monoisotopic (exact) mass is 276 g/mol. The van der Waals surface area contributed by atoms with E-state index < -0.39 is 6.04 Å². The molecule has 110 valence electrons. The molecule has 0 aromatic heterocycles. The van der Waals surface area contributed by atoms with Crippen molar-refractivity contribution >= 4 is 11.6 Å². The molecule has 1 atom stereocenters. The lowest BCUT2D eigenvalue weighted by Crippen LogP contribution is -2.44. The Balaban J connectivity index is 1.98. The van der Waals surface area contributed by atoms with E-state index in [0.717, 1.165) is 18.5 Å². The molecule has 1 aromatic rings. The summed E-state index contributed by atoms with van der Waals surface area (Å²) in [6.45, 7) is 5.67. The molecule has 1 aromatic carbocycles. The summed E-state index contributed by atoms with van der Waals surface area (Å²) in [4.78, 5) is 12.2. The van der Waals surface area contributed by atoms with Crippen LogP contribution in [0.2, 0.25) is 0 Å². The summed E-state index contributed by atoms with van der Waals surface area (Å²) in [6.07, 6.45) is 1.72. The van der Waals surface area contributed by atoms with Crippen molar-refractivity contribution in [2.75, 3.05) is 18.5 Å². The number of carbonyl (C=O) groups is 1. The van der Waals surface area contributed by atoms with E-state index in [4.69, 9.17) is 10.5 Å². The average Bonchev–Trinajstić information content (AvgIpc) is 2.47. The Morgan fingerprint density at radius 1 is 1.35 bits per heavy atom. The van der Waals surface area contributed by atoms with Crippen LogP contribution in [-0.4, -0.2) is 25.2 Å². The Hall–Kier alpha value is -1.39. The number of hydrogen-bond acceptors (Lipinski definition) is 3. The Kier molecular flexibility index (Phi) is 5.15. The third-order valence-electron chi connectivity index (χ3n) is 3.90. The van der Waals surface area contributed by atoms with Crippen molar-refractivity contribution in [2.45, 2.75) is 38.6 Å². The van der Waals surface area contributed by atoms with Crippen LogP contribution < -0.4 is 11.1 Å². The van der Waals surface area contributed by atoms with Crippen molar-refractivity contribution in [1.29, 1.82) is 0 Å². The van der Waals surface area contributed by atoms with Gasteiger partial charge in [0.1, 0.15) is 0 Å². The third kappa shape index (κ3) is 3.81. The molecule has 2 rings (SSSR count). The third-order valence-corrected chi connectivity index (χ3v) is 3.90. The van der Waals surface area contributed by atoms with Crippen LogP contribution in [0, 0.1) is 5.92 Å². The van der Waals surface area contributed by atoms with Gasteiger partial charge in [0.25, 0.3) is 0 Å². The molecule has 1 saturated heterocycles. The van der Waals surface area contributed by atoms with Crippen LogP contribution in [0.15, 0.2) is 24.3 Å². The minimum Gasteiger partial charge on any atom is -0.381 e. The zero-order chi connectivity index (χ0) is 14.5. The smallest absolute Gasteiger partial charge is 0.241 e. The van der Waals surface area contributed by atoms with Crippen LogP contribution in [0.3, 0.4) is 0 Å². The zero-order valence-corrected chi connectivity index (χ0v) is 12.3. The number of nitrogens with two attached hydrogens (primary N) is 1. The standard InChI is InChI=1S/C16H24N2O2/c1-11(2)13-4-3-5-14(10-13)18-16(19)15(17)12-6-8-20-9-7-12/h3-5,10-12,15H,6-9,17H2,1-2H3,(H,18,19). The molecule has 0 spiro atoms. The molecule has 1 fully saturated rings. The largest absolute Gasteiger partial charge is 0.381 e. The first kappa shape index (κ1) is 15.0. The molecule has 0 saturated carbocycles. The molecule has 0 bridgehead atoms. The van der Waals surface area contributed by atoms with Crippen molar-refractivity contribution in [1.82, 2.24) is 0 Å². The van der Waals surface area contributed by atoms with E-state index in [1.165, 1.54) is 5.56 Å². The quantitative estimate of drug-likeness (QED) is 0.888. The van der Waals surface area contributed by atoms with Gasteiger partial charge in [0.05, 0.1) is 6.04 Å². The first-order chi connectivity index (χ1) is 9.58. The number of carbonyl (C=O) groups excluding carboxylic acids is 1. The van der Waals surface area contributed by atoms with Crippen molar-refractivity contribution in [2.24, 2.45) is 11.7 Å². The van der Waals surface area contributed by atoms with Gasteiger partial charge in [0.2, 0.25) is 5.91 Å². The average molecular weight is 276 g/mol. The Bertz CT molecular complexity index is 454. The fraction of sp³-hybridized carbons (Fsp3) is 0.562. The second-order valence-electron chi connectivity index (χ2n) is 5.74. The lowest BCUT2D eigenvalue weighted by atomic mass is 9.92. The van der Waals surface area contributed by atoms with Crippen LogP contribution in [0.1, 0.15) is 38.2 Å². The maximum atomic E-state index is 12.2. The van der Waals surface area contributed by atoms with E-state index in [1.54, 1.807) is 0 Å². The zero-order valence-electron chi connectivity index (χ0n) is 12.3. The molecule has 20 heavy (non-hydrogen) atoms. The predicted molar refractivity (Wildman–Crippen MR) is 80.7 cm³/mol. The topological polar surface area (TPSA) is 64.4 Å². The lowest BCUT2D eigenvalue weighted by Gasteiger charge is -2.26. The van der Waals surface area contributed by atoms with E-state index in [-0.39, 0.29) is 11.8 Å². The maximum Gasteiger partial charge on any atom is 0.241 e. The number of hydrogen-bond donors (Lipinski definition) is 2. The van der Waals surface area contributed by atoms with E-state index >= 15 is 0 Å². The molecule has 4 heteroatoms. The lowest BCUT2D eigenvalue weighted by molar-refractivity contribution is -0.119. The normalized spacial score (nSPS) is 18.0. The molecule has 1 heterocycles. The van der Waals surface area contributed by atoms with E-state index in [0.29, 0.717) is 19.1 Å². The molecular weight excluding hydrogens is 252 g/mol. The van der Waals surface area contributed by atoms with Gasteiger partial charge in [-0.3, -0.25) is 4.79 Å². The van der Waals surface area contributed by atoms with E-state index in [2.05, 4.69) is 25.2 Å². The summed E-state index contributed by atoms with van der Waals surface area (Å²) >= 11 is 0. The summed E-state index contributed by atoms with van der Waals surface area (Å²) in [5.74, 6) is 0.561. The van der Waals surface area contributed by atoms with Crippen LogP contribution in [-0.2, 0) is 9.53 Å². The van der Waals surface area contributed by atoms with Crippen molar-refractivity contribution in [3.8, 4) is 0 Å². The van der Waals surface area contributed by atoms with Gasteiger partial charge in [-0.15, -0.1) is 0 Å². The van der Waals surface area contributed by atoms with Crippen LogP contribution in [0.25, 0.3) is 0 Å². The van der Waals surface area contributed by atoms with Crippen LogP contribution in [0.5, 0.6) is 0 Å². The summed E-state index contributed by atoms with van der Waals surface area (Å²) in [7, 11) is 0. The summed E-state index contributed by atoms with van der Waals surface area (Å²) in [5.41, 5.74) is 8.10. The molecule has 0 aliphatic carbocycles. The molecule has 1 aliphatic heterocycles. The summed E-state index contributed by atoms with van der Waals surface area (Å²) in [6, 6.07) is 7.49. The number of nitrogens with one attached hydrogen (secondary N) is 1. The van der Waals surface area contributed by atoms with Gasteiger partial charge >= 0.3 is 0 Å². The van der Waals surface area contributed by atoms with Gasteiger partial charge in [-0.1, -0.05) is 26.0 Å². The van der Waals surface area contributed by atoms with Crippen molar-refractivity contribution in [3.63, 3.8) is 0 Å². The molecule has 0 radical (unpaired) electrons. The maximum absolute atomic E-state index is 12.2. The van der Waals surface area contributed by atoms with Gasteiger partial charge < -0.3 is 15.8 Å². The van der Waals surface area contributed by atoms with Gasteiger partial charge in [-0.25, -0.2) is 0 Å². The Labute approximate surface area is 120 Å². The highest BCUT2D eigenvalue weighted by molar-refractivity contribution is 5.94. The first-order valence-corrected chi connectivity index (χ1v) is 7.32. The van der Waals surface area contributed by atoms with Gasteiger partial charge in [0, 0.05) is 18.9 Å². The summed E-state index contributed by atoms with van der Waals surface area (Å²) in [5, 5.41) is 2.93. The minimum atomic E-state index is -0.457. The molecule has 1 unspecified atom stereocenters. The highest BCUT2D eigenvalue weighted by Gasteiger charge is 2.26. The Morgan fingerprint density at radius 3 is 2.70 bits per heavy atom. The van der Waals surface area contributed by atoms with Gasteiger partial charge in [-0.2, -0.15) is 0 Å². The van der Waals surface area contributed by atoms with Crippen molar-refractivity contribution < 1.29 is 9.53 Å². The number of rotatable bonds is 4. The minimum absolute atomic E-state index is 0.0993. The summed E-state index contributed by atoms with van der Waals surface area (Å²) < 4.78 is 5.30. The number of amides is 1. The van der Waals surface area contributed by atoms with E-state index in [1.807, 2.05) is 18.2 Å². The van der Waals surface area contributed by atoms with Gasteiger partial charge in [-0.05, 0) is 42.4 Å². The van der Waals surface area contributed by atoms with E-state index in [9.17, 15) is 4.79 Å².